The van der Waals surface area contributed by atoms with Gasteiger partial charge < -0.3 is 33.7 Å². The number of nitrogens with one attached hydrogen (secondary N) is 1. The van der Waals surface area contributed by atoms with Crippen molar-refractivity contribution in [1.82, 2.24) is 33.6 Å². The van der Waals surface area contributed by atoms with Crippen molar-refractivity contribution in [2.24, 2.45) is 7.05 Å². The van der Waals surface area contributed by atoms with Crippen molar-refractivity contribution in [3.63, 3.8) is 0 Å². The molecule has 0 radical (unpaired) electrons. The van der Waals surface area contributed by atoms with Crippen molar-refractivity contribution in [1.29, 1.82) is 0 Å². The van der Waals surface area contributed by atoms with Crippen LogP contribution in [0.25, 0.3) is 22.3 Å². The lowest BCUT2D eigenvalue weighted by Crippen LogP contribution is -2.51. The largest absolute Gasteiger partial charge is 0.486 e. The number of halogens is 4. The topological polar surface area (TPSA) is 141 Å². The van der Waals surface area contributed by atoms with Gasteiger partial charge in [0.25, 0.3) is 11.5 Å². The zero-order chi connectivity index (χ0) is 42.3. The van der Waals surface area contributed by atoms with Crippen molar-refractivity contribution in [2.45, 2.75) is 46.0 Å². The molecule has 4 aromatic heterocycles. The molecule has 14 nitrogen and oxygen atoms in total. The monoisotopic (exact) mass is 827 g/mol. The molecule has 18 heteroatoms. The van der Waals surface area contributed by atoms with Gasteiger partial charge in [0.1, 0.15) is 24.7 Å². The molecular formula is C42H41F4N9O5. The molecule has 1 fully saturated rings. The van der Waals surface area contributed by atoms with Crippen molar-refractivity contribution < 1.29 is 36.6 Å². The van der Waals surface area contributed by atoms with E-state index < -0.39 is 35.6 Å². The molecule has 6 aromatic rings. The molecule has 0 spiro atoms. The number of benzene rings is 2. The number of fused-ring (bicyclic) bond motifs is 2. The quantitative estimate of drug-likeness (QED) is 0.170. The smallest absolute Gasteiger partial charge is 0.419 e. The number of piperazine rings is 1. The summed E-state index contributed by atoms with van der Waals surface area (Å²) in [4.78, 5) is 55.1. The molecule has 2 aliphatic rings. The molecule has 6 heterocycles. The zero-order valence-corrected chi connectivity index (χ0v) is 33.1. The van der Waals surface area contributed by atoms with Crippen molar-refractivity contribution >= 4 is 45.4 Å². The number of ether oxygens (including phenoxy) is 2. The van der Waals surface area contributed by atoms with E-state index in [0.717, 1.165) is 26.6 Å². The summed E-state index contributed by atoms with van der Waals surface area (Å²) in [6.07, 6.45) is 1.20. The SMILES string of the molecule is CCc1c(N2CCN(C(=O)c3ncc4c(ccn4C)c3OCc3ccccc3)CC2)c(=O)n2nc(C3=CCOCC3)nc2n1CC(=O)Nc1cc(F)c(C(F)(F)F)cc1C. The van der Waals surface area contributed by atoms with Crippen LogP contribution in [0.2, 0.25) is 0 Å². The summed E-state index contributed by atoms with van der Waals surface area (Å²) in [5.74, 6) is -1.81. The number of aryl methyl sites for hydroxylation is 2. The Bertz CT molecular complexity index is 2720. The first-order valence-electron chi connectivity index (χ1n) is 19.4. The maximum Gasteiger partial charge on any atom is 0.419 e. The highest BCUT2D eigenvalue weighted by atomic mass is 19.4. The van der Waals surface area contributed by atoms with E-state index in [1.807, 2.05) is 72.1 Å². The lowest BCUT2D eigenvalue weighted by molar-refractivity contribution is -0.140. The first-order chi connectivity index (χ1) is 28.8. The second-order valence-corrected chi connectivity index (χ2v) is 14.6. The number of pyridine rings is 1. The lowest BCUT2D eigenvalue weighted by atomic mass is 10.1. The second kappa shape index (κ2) is 16.2. The summed E-state index contributed by atoms with van der Waals surface area (Å²) in [6, 6.07) is 12.8. The Balaban J connectivity index is 1.10. The number of hydrogen-bond acceptors (Lipinski definition) is 9. The standard InChI is InChI=1S/C42H41F4N9O5/c1-4-32-36(52-14-16-53(17-15-52)39(57)35-37(60-24-26-8-6-5-7-9-26)28-10-13-51(3)33(28)22-47-35)40(58)55-41(49-38(50-55)27-11-18-59-19-12-27)54(32)23-34(56)48-31-21-30(43)29(20-25(31)2)42(44,45)46/h5-11,13,20-22H,4,12,14-19,23-24H2,1-3H3,(H,48,56). The minimum atomic E-state index is -4.91. The normalized spacial score (nSPS) is 14.8. The van der Waals surface area contributed by atoms with Crippen LogP contribution >= 0.6 is 0 Å². The number of hydrogen-bond donors (Lipinski definition) is 1. The van der Waals surface area contributed by atoms with Crippen LogP contribution in [-0.4, -0.2) is 84.8 Å². The van der Waals surface area contributed by atoms with Crippen molar-refractivity contribution in [3.8, 4) is 5.75 Å². The number of amides is 2. The predicted molar refractivity (Wildman–Crippen MR) is 214 cm³/mol. The highest BCUT2D eigenvalue weighted by Gasteiger charge is 2.35. The van der Waals surface area contributed by atoms with Gasteiger partial charge in [-0.05, 0) is 54.7 Å². The van der Waals surface area contributed by atoms with E-state index in [4.69, 9.17) is 14.5 Å². The number of carbonyl (C=O) groups is 2. The van der Waals surface area contributed by atoms with E-state index in [-0.39, 0.29) is 79.3 Å². The Morgan fingerprint density at radius 3 is 2.52 bits per heavy atom. The summed E-state index contributed by atoms with van der Waals surface area (Å²) in [5, 5.41) is 7.87. The molecule has 1 saturated heterocycles. The molecule has 1 N–H and O–H groups in total. The Labute approximate surface area is 340 Å². The van der Waals surface area contributed by atoms with Gasteiger partial charge in [0, 0.05) is 50.5 Å². The molecule has 2 amide bonds. The molecule has 0 saturated carbocycles. The molecule has 0 bridgehead atoms. The molecule has 2 aromatic carbocycles. The van der Waals surface area contributed by atoms with Crippen LogP contribution in [0, 0.1) is 12.7 Å². The second-order valence-electron chi connectivity index (χ2n) is 14.6. The number of carbonyl (C=O) groups excluding carboxylic acids is 2. The Morgan fingerprint density at radius 1 is 1.05 bits per heavy atom. The van der Waals surface area contributed by atoms with E-state index in [1.54, 1.807) is 15.7 Å². The highest BCUT2D eigenvalue weighted by molar-refractivity contribution is 6.01. The number of aromatic nitrogens is 6. The van der Waals surface area contributed by atoms with Gasteiger partial charge in [-0.15, -0.1) is 5.10 Å². The van der Waals surface area contributed by atoms with Crippen LogP contribution < -0.4 is 20.5 Å². The van der Waals surface area contributed by atoms with Crippen LogP contribution in [0.3, 0.4) is 0 Å². The third kappa shape index (κ3) is 7.69. The average molecular weight is 828 g/mol. The molecule has 0 atom stereocenters. The Kier molecular flexibility index (Phi) is 10.9. The molecule has 0 unspecified atom stereocenters. The summed E-state index contributed by atoms with van der Waals surface area (Å²) < 4.78 is 71.0. The van der Waals surface area contributed by atoms with Gasteiger partial charge in [-0.25, -0.2) is 9.37 Å². The Morgan fingerprint density at radius 2 is 1.82 bits per heavy atom. The molecule has 312 valence electrons. The third-order valence-corrected chi connectivity index (χ3v) is 10.8. The molecule has 2 aliphatic heterocycles. The van der Waals surface area contributed by atoms with E-state index in [2.05, 4.69) is 15.4 Å². The number of nitrogens with zero attached hydrogens (tertiary/aromatic N) is 8. The third-order valence-electron chi connectivity index (χ3n) is 10.8. The van der Waals surface area contributed by atoms with Gasteiger partial charge in [-0.1, -0.05) is 43.3 Å². The number of rotatable bonds is 10. The van der Waals surface area contributed by atoms with Crippen LogP contribution in [0.5, 0.6) is 5.75 Å². The van der Waals surface area contributed by atoms with Crippen molar-refractivity contribution in [3.05, 3.63) is 117 Å². The summed E-state index contributed by atoms with van der Waals surface area (Å²) in [6.45, 7) is 4.66. The predicted octanol–water partition coefficient (Wildman–Crippen LogP) is 5.79. The van der Waals surface area contributed by atoms with E-state index in [1.165, 1.54) is 6.92 Å². The summed E-state index contributed by atoms with van der Waals surface area (Å²) in [5.41, 5.74) is 1.33. The Hall–Kier alpha value is -6.56. The minimum Gasteiger partial charge on any atom is -0.486 e. The minimum absolute atomic E-state index is 0.0101. The molecule has 60 heavy (non-hydrogen) atoms. The number of alkyl halides is 3. The molecule has 0 aliphatic carbocycles. The van der Waals surface area contributed by atoms with Gasteiger partial charge in [-0.2, -0.15) is 22.7 Å². The van der Waals surface area contributed by atoms with Gasteiger partial charge in [0.05, 0.1) is 36.2 Å². The first kappa shape index (κ1) is 40.2. The van der Waals surface area contributed by atoms with Crippen molar-refractivity contribution in [2.75, 3.05) is 49.6 Å². The van der Waals surface area contributed by atoms with E-state index in [9.17, 15) is 31.9 Å². The fraction of sp³-hybridized carbons (Fsp3) is 0.333. The van der Waals surface area contributed by atoms with Gasteiger partial charge in [0.15, 0.2) is 17.3 Å². The van der Waals surface area contributed by atoms with Crippen LogP contribution in [0.4, 0.5) is 28.9 Å². The van der Waals surface area contributed by atoms with E-state index >= 15 is 0 Å². The van der Waals surface area contributed by atoms with Gasteiger partial charge in [0.2, 0.25) is 11.7 Å². The van der Waals surface area contributed by atoms with Crippen LogP contribution in [-0.2, 0) is 42.3 Å². The highest BCUT2D eigenvalue weighted by Crippen LogP contribution is 2.35. The summed E-state index contributed by atoms with van der Waals surface area (Å²) >= 11 is 0. The van der Waals surface area contributed by atoms with Gasteiger partial charge in [-0.3, -0.25) is 14.4 Å². The summed E-state index contributed by atoms with van der Waals surface area (Å²) in [7, 11) is 1.89. The maximum atomic E-state index is 14.6. The zero-order valence-electron chi connectivity index (χ0n) is 33.1. The molecular weight excluding hydrogens is 787 g/mol. The average Bonchev–Trinajstić information content (AvgIpc) is 3.87. The maximum absolute atomic E-state index is 14.6. The number of anilines is 2. The lowest BCUT2D eigenvalue weighted by Gasteiger charge is -2.36. The van der Waals surface area contributed by atoms with Crippen LogP contribution in [0.15, 0.2) is 71.8 Å². The molecule has 8 rings (SSSR count). The van der Waals surface area contributed by atoms with Gasteiger partial charge >= 0.3 is 6.18 Å². The first-order valence-corrected chi connectivity index (χ1v) is 19.4. The van der Waals surface area contributed by atoms with Crippen LogP contribution in [0.1, 0.15) is 52.0 Å². The fourth-order valence-electron chi connectivity index (χ4n) is 7.68. The fourth-order valence-corrected chi connectivity index (χ4v) is 7.68. The van der Waals surface area contributed by atoms with E-state index in [0.29, 0.717) is 43.2 Å².